The molecule has 82 valence electrons. The first-order valence-electron chi connectivity index (χ1n) is 5.90. The highest BCUT2D eigenvalue weighted by Gasteiger charge is 2.48. The van der Waals surface area contributed by atoms with Gasteiger partial charge in [-0.1, -0.05) is 0 Å². The lowest BCUT2D eigenvalue weighted by atomic mass is 9.92. The van der Waals surface area contributed by atoms with Gasteiger partial charge in [0.15, 0.2) is 0 Å². The van der Waals surface area contributed by atoms with Crippen LogP contribution in [0.3, 0.4) is 0 Å². The quantitative estimate of drug-likeness (QED) is 0.812. The maximum absolute atomic E-state index is 10.4. The molecule has 1 N–H and O–H groups in total. The number of aliphatic hydroxyl groups is 1. The van der Waals surface area contributed by atoms with Crippen molar-refractivity contribution < 1.29 is 5.11 Å². The predicted molar refractivity (Wildman–Crippen MR) is 63.1 cm³/mol. The first-order valence-corrected chi connectivity index (χ1v) is 6.72. The summed E-state index contributed by atoms with van der Waals surface area (Å²) in [7, 11) is 0. The molecule has 1 aromatic rings. The fourth-order valence-corrected chi connectivity index (χ4v) is 4.18. The third kappa shape index (κ3) is 1.64. The van der Waals surface area contributed by atoms with E-state index in [0.29, 0.717) is 5.92 Å². The Morgan fingerprint density at radius 1 is 1.27 bits per heavy atom. The molecule has 0 bridgehead atoms. The molecule has 0 radical (unpaired) electrons. The summed E-state index contributed by atoms with van der Waals surface area (Å²) >= 11 is 1.81. The van der Waals surface area contributed by atoms with E-state index in [1.165, 1.54) is 34.6 Å². The average Bonchev–Trinajstić information content (AvgIpc) is 2.65. The van der Waals surface area contributed by atoms with Crippen LogP contribution in [0.2, 0.25) is 0 Å². The molecule has 3 atom stereocenters. The molecule has 0 amide bonds. The highest BCUT2D eigenvalue weighted by molar-refractivity contribution is 7.12. The van der Waals surface area contributed by atoms with E-state index in [-0.39, 0.29) is 6.10 Å². The van der Waals surface area contributed by atoms with Crippen LogP contribution in [0.25, 0.3) is 0 Å². The molecule has 1 heterocycles. The molecule has 0 saturated heterocycles. The summed E-state index contributed by atoms with van der Waals surface area (Å²) in [5.74, 6) is 2.47. The van der Waals surface area contributed by atoms with Crippen LogP contribution in [0.1, 0.15) is 40.7 Å². The number of fused-ring (bicyclic) bond motifs is 1. The maximum atomic E-state index is 10.4. The summed E-state index contributed by atoms with van der Waals surface area (Å²) < 4.78 is 0. The van der Waals surface area contributed by atoms with Gasteiger partial charge in [0.2, 0.25) is 0 Å². The van der Waals surface area contributed by atoms with Gasteiger partial charge in [-0.3, -0.25) is 0 Å². The monoisotopic (exact) mass is 222 g/mol. The number of hydrogen-bond acceptors (Lipinski definition) is 2. The molecule has 2 aliphatic carbocycles. The highest BCUT2D eigenvalue weighted by atomic mass is 32.1. The van der Waals surface area contributed by atoms with Crippen molar-refractivity contribution in [1.29, 1.82) is 0 Å². The Morgan fingerprint density at radius 2 is 1.93 bits per heavy atom. The Kier molecular flexibility index (Phi) is 2.18. The lowest BCUT2D eigenvalue weighted by molar-refractivity contribution is 0.104. The molecule has 0 aliphatic heterocycles. The number of rotatable bonds is 2. The number of hydrogen-bond donors (Lipinski definition) is 1. The minimum atomic E-state index is -0.192. The summed E-state index contributed by atoms with van der Waals surface area (Å²) in [6.07, 6.45) is 3.77. The Bertz CT molecular complexity index is 372. The van der Waals surface area contributed by atoms with E-state index in [0.717, 1.165) is 11.8 Å². The molecule has 1 aromatic heterocycles. The first-order chi connectivity index (χ1) is 7.15. The Morgan fingerprint density at radius 3 is 2.47 bits per heavy atom. The second-order valence-corrected chi connectivity index (χ2v) is 6.76. The van der Waals surface area contributed by atoms with Gasteiger partial charge in [0, 0.05) is 9.75 Å². The Labute approximate surface area is 95.1 Å². The molecular weight excluding hydrogens is 204 g/mol. The van der Waals surface area contributed by atoms with Gasteiger partial charge in [-0.05, 0) is 62.5 Å². The number of aliphatic hydroxyl groups excluding tert-OH is 1. The van der Waals surface area contributed by atoms with E-state index in [1.807, 2.05) is 11.3 Å². The van der Waals surface area contributed by atoms with Crippen LogP contribution in [0.5, 0.6) is 0 Å². The SMILES string of the molecule is Cc1cc(C(O)C2CC3CC3C2)c(C)s1. The molecular formula is C13H18OS. The standard InChI is InChI=1S/C13H18OS/c1-7-3-12(8(2)15-7)13(14)11-5-9-4-10(9)6-11/h3,9-11,13-14H,4-6H2,1-2H3. The van der Waals surface area contributed by atoms with Crippen molar-refractivity contribution in [3.8, 4) is 0 Å². The second kappa shape index (κ2) is 3.33. The number of aryl methyl sites for hydroxylation is 2. The molecule has 0 spiro atoms. The zero-order valence-corrected chi connectivity index (χ0v) is 10.2. The average molecular weight is 222 g/mol. The predicted octanol–water partition coefficient (Wildman–Crippen LogP) is 3.44. The van der Waals surface area contributed by atoms with E-state index < -0.39 is 0 Å². The van der Waals surface area contributed by atoms with Crippen molar-refractivity contribution in [2.45, 2.75) is 39.2 Å². The van der Waals surface area contributed by atoms with E-state index in [1.54, 1.807) is 0 Å². The number of thiophene rings is 1. The normalized spacial score (nSPS) is 35.3. The van der Waals surface area contributed by atoms with Gasteiger partial charge >= 0.3 is 0 Å². The molecule has 2 aliphatic rings. The van der Waals surface area contributed by atoms with Gasteiger partial charge in [-0.15, -0.1) is 11.3 Å². The lowest BCUT2D eigenvalue weighted by Crippen LogP contribution is -2.11. The van der Waals surface area contributed by atoms with Crippen LogP contribution < -0.4 is 0 Å². The summed E-state index contributed by atoms with van der Waals surface area (Å²) in [4.78, 5) is 2.63. The van der Waals surface area contributed by atoms with Gasteiger partial charge in [-0.2, -0.15) is 0 Å². The maximum Gasteiger partial charge on any atom is 0.0829 e. The van der Waals surface area contributed by atoms with Crippen molar-refractivity contribution in [2.24, 2.45) is 17.8 Å². The molecule has 15 heavy (non-hydrogen) atoms. The van der Waals surface area contributed by atoms with Gasteiger partial charge < -0.3 is 5.11 Å². The molecule has 2 saturated carbocycles. The third-order valence-electron chi connectivity index (χ3n) is 4.12. The molecule has 2 heteroatoms. The lowest BCUT2D eigenvalue weighted by Gasteiger charge is -2.19. The summed E-state index contributed by atoms with van der Waals surface area (Å²) in [5.41, 5.74) is 1.20. The Balaban J connectivity index is 1.78. The largest absolute Gasteiger partial charge is 0.388 e. The summed E-state index contributed by atoms with van der Waals surface area (Å²) in [6, 6.07) is 2.18. The van der Waals surface area contributed by atoms with E-state index >= 15 is 0 Å². The van der Waals surface area contributed by atoms with Crippen LogP contribution >= 0.6 is 11.3 Å². The van der Waals surface area contributed by atoms with Gasteiger partial charge in [0.05, 0.1) is 6.10 Å². The van der Waals surface area contributed by atoms with Crippen molar-refractivity contribution in [3.63, 3.8) is 0 Å². The first kappa shape index (κ1) is 9.86. The summed E-state index contributed by atoms with van der Waals surface area (Å²) in [5, 5.41) is 10.4. The third-order valence-corrected chi connectivity index (χ3v) is 5.11. The van der Waals surface area contributed by atoms with Gasteiger partial charge in [0.25, 0.3) is 0 Å². The fraction of sp³-hybridized carbons (Fsp3) is 0.692. The van der Waals surface area contributed by atoms with Crippen LogP contribution in [-0.2, 0) is 0 Å². The fourth-order valence-electron chi connectivity index (χ4n) is 3.22. The Hall–Kier alpha value is -0.340. The molecule has 1 nitrogen and oxygen atoms in total. The van der Waals surface area contributed by atoms with Crippen LogP contribution in [0.4, 0.5) is 0 Å². The minimum Gasteiger partial charge on any atom is -0.388 e. The minimum absolute atomic E-state index is 0.192. The summed E-state index contributed by atoms with van der Waals surface area (Å²) in [6.45, 7) is 4.26. The van der Waals surface area contributed by atoms with Crippen molar-refractivity contribution in [2.75, 3.05) is 0 Å². The van der Waals surface area contributed by atoms with E-state index in [9.17, 15) is 5.11 Å². The molecule has 3 unspecified atom stereocenters. The van der Waals surface area contributed by atoms with E-state index in [2.05, 4.69) is 19.9 Å². The van der Waals surface area contributed by atoms with Crippen molar-refractivity contribution >= 4 is 11.3 Å². The smallest absolute Gasteiger partial charge is 0.0829 e. The van der Waals surface area contributed by atoms with E-state index in [4.69, 9.17) is 0 Å². The van der Waals surface area contributed by atoms with Crippen LogP contribution in [0, 0.1) is 31.6 Å². The molecule has 2 fully saturated rings. The topological polar surface area (TPSA) is 20.2 Å². The highest BCUT2D eigenvalue weighted by Crippen LogP contribution is 2.57. The molecule has 0 aromatic carbocycles. The van der Waals surface area contributed by atoms with Crippen LogP contribution in [-0.4, -0.2) is 5.11 Å². The molecule has 3 rings (SSSR count). The van der Waals surface area contributed by atoms with Gasteiger partial charge in [0.1, 0.15) is 0 Å². The van der Waals surface area contributed by atoms with Crippen molar-refractivity contribution in [3.05, 3.63) is 21.4 Å². The van der Waals surface area contributed by atoms with Gasteiger partial charge in [-0.25, -0.2) is 0 Å². The van der Waals surface area contributed by atoms with Crippen molar-refractivity contribution in [1.82, 2.24) is 0 Å². The zero-order valence-electron chi connectivity index (χ0n) is 9.36. The zero-order chi connectivity index (χ0) is 10.6. The second-order valence-electron chi connectivity index (χ2n) is 5.30. The van der Waals surface area contributed by atoms with Crippen LogP contribution in [0.15, 0.2) is 6.07 Å².